The second-order valence-corrected chi connectivity index (χ2v) is 5.26. The van der Waals surface area contributed by atoms with Crippen LogP contribution in [0.3, 0.4) is 0 Å². The van der Waals surface area contributed by atoms with Gasteiger partial charge in [-0.15, -0.1) is 0 Å². The van der Waals surface area contributed by atoms with E-state index in [4.69, 9.17) is 0 Å². The van der Waals surface area contributed by atoms with Crippen molar-refractivity contribution in [3.05, 3.63) is 48.0 Å². The van der Waals surface area contributed by atoms with Gasteiger partial charge in [-0.3, -0.25) is 9.59 Å². The van der Waals surface area contributed by atoms with Crippen LogP contribution in [-0.4, -0.2) is 24.1 Å². The fourth-order valence-corrected chi connectivity index (χ4v) is 2.10. The van der Waals surface area contributed by atoms with Crippen LogP contribution in [0.4, 0.5) is 0 Å². The highest BCUT2D eigenvalue weighted by molar-refractivity contribution is 6.01. The average Bonchev–Trinajstić information content (AvgIpc) is 2.46. The van der Waals surface area contributed by atoms with E-state index in [0.717, 1.165) is 16.3 Å². The van der Waals surface area contributed by atoms with E-state index in [1.54, 1.807) is 6.21 Å². The Bertz CT molecular complexity index is 703. The Balaban J connectivity index is 1.97. The van der Waals surface area contributed by atoms with Crippen LogP contribution in [0, 0.1) is 0 Å². The van der Waals surface area contributed by atoms with E-state index in [0.29, 0.717) is 0 Å². The summed E-state index contributed by atoms with van der Waals surface area (Å²) < 4.78 is 0. The molecule has 0 aliphatic heterocycles. The summed E-state index contributed by atoms with van der Waals surface area (Å²) in [5.41, 5.74) is 3.28. The zero-order chi connectivity index (χ0) is 15.9. The summed E-state index contributed by atoms with van der Waals surface area (Å²) in [4.78, 5) is 23.1. The van der Waals surface area contributed by atoms with Crippen LogP contribution < -0.4 is 10.7 Å². The van der Waals surface area contributed by atoms with Crippen LogP contribution in [0.5, 0.6) is 0 Å². The molecule has 2 rings (SSSR count). The van der Waals surface area contributed by atoms with Crippen LogP contribution in [-0.2, 0) is 9.59 Å². The van der Waals surface area contributed by atoms with Gasteiger partial charge in [-0.25, -0.2) is 5.43 Å². The smallest absolute Gasteiger partial charge is 0.249 e. The fraction of sp³-hybridized carbons (Fsp3) is 0.235. The van der Waals surface area contributed by atoms with Gasteiger partial charge in [0.1, 0.15) is 6.42 Å². The molecule has 0 saturated carbocycles. The number of benzene rings is 2. The van der Waals surface area contributed by atoms with Gasteiger partial charge in [-0.1, -0.05) is 42.5 Å². The minimum Gasteiger partial charge on any atom is -0.353 e. The lowest BCUT2D eigenvalue weighted by Crippen LogP contribution is -2.34. The molecule has 0 aliphatic rings. The molecule has 0 saturated heterocycles. The number of nitrogens with zero attached hydrogens (tertiary/aromatic N) is 1. The van der Waals surface area contributed by atoms with Crippen molar-refractivity contribution in [1.82, 2.24) is 10.7 Å². The lowest BCUT2D eigenvalue weighted by molar-refractivity contribution is -0.129. The average molecular weight is 297 g/mol. The number of hydrogen-bond acceptors (Lipinski definition) is 3. The Morgan fingerprint density at radius 2 is 1.82 bits per heavy atom. The van der Waals surface area contributed by atoms with Crippen molar-refractivity contribution >= 4 is 28.8 Å². The first-order valence-electron chi connectivity index (χ1n) is 7.15. The monoisotopic (exact) mass is 297 g/mol. The molecule has 0 heterocycles. The number of hydrazone groups is 1. The van der Waals surface area contributed by atoms with Crippen molar-refractivity contribution in [2.75, 3.05) is 0 Å². The largest absolute Gasteiger partial charge is 0.353 e. The molecule has 114 valence electrons. The minimum atomic E-state index is -0.436. The maximum Gasteiger partial charge on any atom is 0.249 e. The number of nitrogens with one attached hydrogen (secondary N) is 2. The standard InChI is InChI=1S/C17H19N3O2/c1-12(2)19-16(21)10-17(22)20-18-11-14-8-5-7-13-6-3-4-9-15(13)14/h3-9,11-12H,10H2,1-2H3,(H,19,21)(H,20,22)/b18-11+. The van der Waals surface area contributed by atoms with Gasteiger partial charge in [0.15, 0.2) is 0 Å². The van der Waals surface area contributed by atoms with Gasteiger partial charge < -0.3 is 5.32 Å². The summed E-state index contributed by atoms with van der Waals surface area (Å²) in [6, 6.07) is 13.8. The molecule has 0 aliphatic carbocycles. The molecule has 0 radical (unpaired) electrons. The molecule has 0 fully saturated rings. The first-order chi connectivity index (χ1) is 10.6. The second kappa shape index (κ2) is 7.36. The first-order valence-corrected chi connectivity index (χ1v) is 7.15. The van der Waals surface area contributed by atoms with Crippen LogP contribution in [0.2, 0.25) is 0 Å². The quantitative estimate of drug-likeness (QED) is 0.504. The fourth-order valence-electron chi connectivity index (χ4n) is 2.10. The molecule has 5 nitrogen and oxygen atoms in total. The Morgan fingerprint density at radius 1 is 1.09 bits per heavy atom. The lowest BCUT2D eigenvalue weighted by Gasteiger charge is -2.07. The van der Waals surface area contributed by atoms with Gasteiger partial charge in [0, 0.05) is 11.6 Å². The molecular weight excluding hydrogens is 278 g/mol. The predicted octanol–water partition coefficient (Wildman–Crippen LogP) is 2.20. The summed E-state index contributed by atoms with van der Waals surface area (Å²) in [5.74, 6) is -0.748. The number of carbonyl (C=O) groups excluding carboxylic acids is 2. The maximum absolute atomic E-state index is 11.6. The molecule has 2 amide bonds. The Hall–Kier alpha value is -2.69. The van der Waals surface area contributed by atoms with Gasteiger partial charge in [0.25, 0.3) is 0 Å². The van der Waals surface area contributed by atoms with E-state index in [9.17, 15) is 9.59 Å². The van der Waals surface area contributed by atoms with Gasteiger partial charge in [0.05, 0.1) is 6.21 Å². The molecule has 0 aromatic heterocycles. The summed E-state index contributed by atoms with van der Waals surface area (Å²) in [6.07, 6.45) is 1.35. The predicted molar refractivity (Wildman–Crippen MR) is 87.6 cm³/mol. The Morgan fingerprint density at radius 3 is 2.59 bits per heavy atom. The number of fused-ring (bicyclic) bond motifs is 1. The summed E-state index contributed by atoms with van der Waals surface area (Å²) in [6.45, 7) is 3.68. The summed E-state index contributed by atoms with van der Waals surface area (Å²) >= 11 is 0. The van der Waals surface area contributed by atoms with E-state index >= 15 is 0 Å². The normalized spacial score (nSPS) is 11.0. The molecule has 22 heavy (non-hydrogen) atoms. The van der Waals surface area contributed by atoms with Crippen molar-refractivity contribution in [3.63, 3.8) is 0 Å². The summed E-state index contributed by atoms with van der Waals surface area (Å²) in [7, 11) is 0. The third-order valence-corrected chi connectivity index (χ3v) is 2.99. The molecule has 2 aromatic rings. The van der Waals surface area contributed by atoms with Crippen molar-refractivity contribution in [2.45, 2.75) is 26.3 Å². The molecule has 0 bridgehead atoms. The van der Waals surface area contributed by atoms with Gasteiger partial charge in [-0.2, -0.15) is 5.10 Å². The number of hydrogen-bond donors (Lipinski definition) is 2. The first kappa shape index (κ1) is 15.7. The molecule has 5 heteroatoms. The SMILES string of the molecule is CC(C)NC(=O)CC(=O)N/N=C/c1cccc2ccccc12. The third-order valence-electron chi connectivity index (χ3n) is 2.99. The highest BCUT2D eigenvalue weighted by Crippen LogP contribution is 2.16. The zero-order valence-electron chi connectivity index (χ0n) is 12.7. The molecule has 2 aromatic carbocycles. The lowest BCUT2D eigenvalue weighted by atomic mass is 10.1. The molecule has 0 spiro atoms. The van der Waals surface area contributed by atoms with E-state index in [2.05, 4.69) is 15.8 Å². The third kappa shape index (κ3) is 4.41. The highest BCUT2D eigenvalue weighted by Gasteiger charge is 2.09. The summed E-state index contributed by atoms with van der Waals surface area (Å²) in [5, 5.41) is 8.74. The van der Waals surface area contributed by atoms with Gasteiger partial charge in [0.2, 0.25) is 11.8 Å². The zero-order valence-corrected chi connectivity index (χ0v) is 12.7. The second-order valence-electron chi connectivity index (χ2n) is 5.26. The van der Waals surface area contributed by atoms with Gasteiger partial charge >= 0.3 is 0 Å². The Labute approximate surface area is 129 Å². The van der Waals surface area contributed by atoms with Crippen LogP contribution in [0.15, 0.2) is 47.6 Å². The Kier molecular flexibility index (Phi) is 5.25. The van der Waals surface area contributed by atoms with Crippen molar-refractivity contribution < 1.29 is 9.59 Å². The number of amides is 2. The molecule has 0 atom stereocenters. The molecular formula is C17H19N3O2. The van der Waals surface area contributed by atoms with E-state index in [-0.39, 0.29) is 18.4 Å². The van der Waals surface area contributed by atoms with Crippen LogP contribution >= 0.6 is 0 Å². The van der Waals surface area contributed by atoms with E-state index in [1.165, 1.54) is 0 Å². The van der Waals surface area contributed by atoms with Crippen molar-refractivity contribution in [2.24, 2.45) is 5.10 Å². The molecule has 0 unspecified atom stereocenters. The number of carbonyl (C=O) groups is 2. The van der Waals surface area contributed by atoms with Crippen molar-refractivity contribution in [1.29, 1.82) is 0 Å². The maximum atomic E-state index is 11.6. The van der Waals surface area contributed by atoms with E-state index < -0.39 is 5.91 Å². The molecule has 2 N–H and O–H groups in total. The topological polar surface area (TPSA) is 70.6 Å². The van der Waals surface area contributed by atoms with Gasteiger partial charge in [-0.05, 0) is 24.6 Å². The highest BCUT2D eigenvalue weighted by atomic mass is 16.2. The van der Waals surface area contributed by atoms with E-state index in [1.807, 2.05) is 56.3 Å². The van der Waals surface area contributed by atoms with Crippen LogP contribution in [0.25, 0.3) is 10.8 Å². The van der Waals surface area contributed by atoms with Crippen LogP contribution in [0.1, 0.15) is 25.8 Å². The number of rotatable bonds is 5. The minimum absolute atomic E-state index is 0.0134. The van der Waals surface area contributed by atoms with Crippen molar-refractivity contribution in [3.8, 4) is 0 Å².